The molecule has 0 atom stereocenters. The van der Waals surface area contributed by atoms with Crippen LogP contribution in [0.15, 0.2) is 60.0 Å². The number of aryl methyl sites for hydroxylation is 1. The van der Waals surface area contributed by atoms with Gasteiger partial charge in [0.25, 0.3) is 0 Å². The highest BCUT2D eigenvalue weighted by molar-refractivity contribution is 7.89. The van der Waals surface area contributed by atoms with Crippen LogP contribution in [-0.4, -0.2) is 34.5 Å². The third kappa shape index (κ3) is 4.33. The Labute approximate surface area is 153 Å². The van der Waals surface area contributed by atoms with Gasteiger partial charge in [-0.25, -0.2) is 28.1 Å². The fraction of sp³-hybridized carbons (Fsp3) is 0.278. The molecule has 1 N–H and O–H groups in total. The molecule has 7 nitrogen and oxygen atoms in total. The van der Waals surface area contributed by atoms with Crippen LogP contribution in [0.25, 0.3) is 11.6 Å². The van der Waals surface area contributed by atoms with E-state index in [1.165, 1.54) is 0 Å². The van der Waals surface area contributed by atoms with Crippen LogP contribution in [0.3, 0.4) is 0 Å². The van der Waals surface area contributed by atoms with Crippen molar-refractivity contribution in [1.29, 1.82) is 0 Å². The average molecular weight is 371 g/mol. The van der Waals surface area contributed by atoms with Crippen LogP contribution in [0.1, 0.15) is 18.9 Å². The number of nitrogens with zero attached hydrogens (tertiary/aromatic N) is 4. The second-order valence-corrected chi connectivity index (χ2v) is 7.58. The lowest BCUT2D eigenvalue weighted by atomic mass is 10.1. The summed E-state index contributed by atoms with van der Waals surface area (Å²) in [5.41, 5.74) is 1.14. The molecule has 3 aromatic rings. The van der Waals surface area contributed by atoms with Gasteiger partial charge in [0, 0.05) is 37.9 Å². The molecule has 0 amide bonds. The Morgan fingerprint density at radius 1 is 1.04 bits per heavy atom. The van der Waals surface area contributed by atoms with Crippen LogP contribution in [0, 0.1) is 0 Å². The second-order valence-electron chi connectivity index (χ2n) is 5.81. The summed E-state index contributed by atoms with van der Waals surface area (Å²) in [6, 6.07) is 8.75. The maximum absolute atomic E-state index is 12.4. The molecule has 8 heteroatoms. The van der Waals surface area contributed by atoms with Crippen molar-refractivity contribution in [1.82, 2.24) is 24.2 Å². The molecule has 0 fully saturated rings. The molecule has 0 unspecified atom stereocenters. The second kappa shape index (κ2) is 8.20. The van der Waals surface area contributed by atoms with Gasteiger partial charge in [-0.05, 0) is 30.2 Å². The monoisotopic (exact) mass is 371 g/mol. The molecule has 0 bridgehead atoms. The lowest BCUT2D eigenvalue weighted by Crippen LogP contribution is -2.27. The molecule has 0 saturated carbocycles. The van der Waals surface area contributed by atoms with E-state index in [4.69, 9.17) is 0 Å². The zero-order valence-corrected chi connectivity index (χ0v) is 15.4. The molecule has 2 aromatic heterocycles. The van der Waals surface area contributed by atoms with Crippen molar-refractivity contribution < 1.29 is 8.42 Å². The van der Waals surface area contributed by atoms with Crippen molar-refractivity contribution >= 4 is 10.0 Å². The summed E-state index contributed by atoms with van der Waals surface area (Å²) in [7, 11) is -3.54. The SMILES string of the molecule is CCCc1ccc(S(=O)(=O)NCCn2ccnc2-c2ncccn2)cc1. The van der Waals surface area contributed by atoms with Crippen molar-refractivity contribution in [2.45, 2.75) is 31.2 Å². The fourth-order valence-electron chi connectivity index (χ4n) is 2.62. The van der Waals surface area contributed by atoms with Crippen molar-refractivity contribution in [3.8, 4) is 11.6 Å². The van der Waals surface area contributed by atoms with Crippen LogP contribution in [0.2, 0.25) is 0 Å². The molecule has 0 radical (unpaired) electrons. The lowest BCUT2D eigenvalue weighted by Gasteiger charge is -2.09. The number of sulfonamides is 1. The number of aromatic nitrogens is 4. The highest BCUT2D eigenvalue weighted by atomic mass is 32.2. The first kappa shape index (κ1) is 18.2. The van der Waals surface area contributed by atoms with Gasteiger partial charge in [-0.15, -0.1) is 0 Å². The number of rotatable bonds is 8. The summed E-state index contributed by atoms with van der Waals surface area (Å²) in [6.07, 6.45) is 8.69. The summed E-state index contributed by atoms with van der Waals surface area (Å²) < 4.78 is 29.3. The van der Waals surface area contributed by atoms with Crippen molar-refractivity contribution in [3.63, 3.8) is 0 Å². The first-order valence-corrected chi connectivity index (χ1v) is 9.95. The van der Waals surface area contributed by atoms with Gasteiger partial charge in [-0.2, -0.15) is 0 Å². The molecule has 3 rings (SSSR count). The summed E-state index contributed by atoms with van der Waals surface area (Å²) in [5.74, 6) is 1.11. The Hall–Kier alpha value is -2.58. The zero-order chi connectivity index (χ0) is 18.4. The molecule has 1 aromatic carbocycles. The van der Waals surface area contributed by atoms with Crippen LogP contribution < -0.4 is 4.72 Å². The summed E-state index contributed by atoms with van der Waals surface area (Å²) >= 11 is 0. The van der Waals surface area contributed by atoms with Gasteiger partial charge in [-0.3, -0.25) is 0 Å². The molecule has 0 spiro atoms. The van der Waals surface area contributed by atoms with E-state index < -0.39 is 10.0 Å². The standard InChI is InChI=1S/C18H21N5O2S/c1-2-4-15-5-7-16(8-6-15)26(24,25)22-12-14-23-13-11-21-18(23)17-19-9-3-10-20-17/h3,5-11,13,22H,2,4,12,14H2,1H3. The Kier molecular flexibility index (Phi) is 5.75. The lowest BCUT2D eigenvalue weighted by molar-refractivity contribution is 0.573. The number of hydrogen-bond acceptors (Lipinski definition) is 5. The van der Waals surface area contributed by atoms with Gasteiger partial charge >= 0.3 is 0 Å². The normalized spacial score (nSPS) is 11.6. The van der Waals surface area contributed by atoms with Gasteiger partial charge in [-0.1, -0.05) is 25.5 Å². The van der Waals surface area contributed by atoms with E-state index >= 15 is 0 Å². The summed E-state index contributed by atoms with van der Waals surface area (Å²) in [4.78, 5) is 12.9. The number of nitrogens with one attached hydrogen (secondary N) is 1. The van der Waals surface area contributed by atoms with E-state index in [1.807, 2.05) is 16.7 Å². The Morgan fingerprint density at radius 2 is 1.77 bits per heavy atom. The first-order valence-electron chi connectivity index (χ1n) is 8.47. The van der Waals surface area contributed by atoms with E-state index in [-0.39, 0.29) is 11.4 Å². The molecule has 2 heterocycles. The summed E-state index contributed by atoms with van der Waals surface area (Å²) in [6.45, 7) is 2.77. The maximum Gasteiger partial charge on any atom is 0.240 e. The van der Waals surface area contributed by atoms with Gasteiger partial charge in [0.2, 0.25) is 10.0 Å². The largest absolute Gasteiger partial charge is 0.327 e. The molecule has 0 saturated heterocycles. The quantitative estimate of drug-likeness (QED) is 0.656. The van der Waals surface area contributed by atoms with Gasteiger partial charge < -0.3 is 4.57 Å². The van der Waals surface area contributed by atoms with Crippen LogP contribution in [-0.2, 0) is 23.0 Å². The number of benzene rings is 1. The maximum atomic E-state index is 12.4. The predicted molar refractivity (Wildman–Crippen MR) is 98.9 cm³/mol. The van der Waals surface area contributed by atoms with Crippen LogP contribution in [0.4, 0.5) is 0 Å². The Balaban J connectivity index is 1.64. The van der Waals surface area contributed by atoms with E-state index in [9.17, 15) is 8.42 Å². The van der Waals surface area contributed by atoms with Crippen molar-refractivity contribution in [2.75, 3.05) is 6.54 Å². The smallest absolute Gasteiger partial charge is 0.240 e. The molecule has 0 aliphatic carbocycles. The molecular formula is C18H21N5O2S. The molecule has 26 heavy (non-hydrogen) atoms. The summed E-state index contributed by atoms with van der Waals surface area (Å²) in [5, 5.41) is 0. The van der Waals surface area contributed by atoms with E-state index in [1.54, 1.807) is 43.0 Å². The number of hydrogen-bond donors (Lipinski definition) is 1. The van der Waals surface area contributed by atoms with E-state index in [0.29, 0.717) is 18.2 Å². The average Bonchev–Trinajstić information content (AvgIpc) is 3.12. The molecule has 0 aliphatic heterocycles. The molecule has 136 valence electrons. The van der Waals surface area contributed by atoms with Crippen molar-refractivity contribution in [3.05, 3.63) is 60.7 Å². The predicted octanol–water partition coefficient (Wildman–Crippen LogP) is 2.27. The van der Waals surface area contributed by atoms with Gasteiger partial charge in [0.15, 0.2) is 11.6 Å². The first-order chi connectivity index (χ1) is 12.6. The number of imidazole rings is 1. The highest BCUT2D eigenvalue weighted by Crippen LogP contribution is 2.13. The Bertz CT molecular complexity index is 937. The van der Waals surface area contributed by atoms with Gasteiger partial charge in [0.1, 0.15) is 0 Å². The van der Waals surface area contributed by atoms with E-state index in [2.05, 4.69) is 26.6 Å². The zero-order valence-electron chi connectivity index (χ0n) is 14.5. The molecular weight excluding hydrogens is 350 g/mol. The minimum atomic E-state index is -3.54. The van der Waals surface area contributed by atoms with Crippen LogP contribution in [0.5, 0.6) is 0 Å². The van der Waals surface area contributed by atoms with E-state index in [0.717, 1.165) is 18.4 Å². The minimum absolute atomic E-state index is 0.245. The highest BCUT2D eigenvalue weighted by Gasteiger charge is 2.14. The van der Waals surface area contributed by atoms with Crippen molar-refractivity contribution in [2.24, 2.45) is 0 Å². The topological polar surface area (TPSA) is 89.8 Å². The minimum Gasteiger partial charge on any atom is -0.327 e. The fourth-order valence-corrected chi connectivity index (χ4v) is 3.64. The third-order valence-electron chi connectivity index (χ3n) is 3.90. The Morgan fingerprint density at radius 3 is 2.46 bits per heavy atom. The van der Waals surface area contributed by atoms with Crippen LogP contribution >= 0.6 is 0 Å². The van der Waals surface area contributed by atoms with Gasteiger partial charge in [0.05, 0.1) is 4.90 Å². The third-order valence-corrected chi connectivity index (χ3v) is 5.38. The molecule has 0 aliphatic rings.